The molecule has 0 heterocycles. The third-order valence-electron chi connectivity index (χ3n) is 1.72. The molecule has 0 spiro atoms. The highest BCUT2D eigenvalue weighted by atomic mass is 16.5. The van der Waals surface area contributed by atoms with E-state index in [4.69, 9.17) is 4.74 Å². The Morgan fingerprint density at radius 1 is 1.46 bits per heavy atom. The number of ether oxygens (including phenoxy) is 1. The molecule has 1 N–H and O–H groups in total. The Bertz CT molecular complexity index is 141. The largest absolute Gasteiger partial charge is 0.377 e. The quantitative estimate of drug-likeness (QED) is 0.485. The molecule has 0 aliphatic carbocycles. The first-order valence-corrected chi connectivity index (χ1v) is 5.13. The number of nitrogens with one attached hydrogen (secondary N) is 1. The van der Waals surface area contributed by atoms with Gasteiger partial charge in [-0.05, 0) is 26.8 Å². The van der Waals surface area contributed by atoms with Crippen molar-refractivity contribution >= 4 is 0 Å². The summed E-state index contributed by atoms with van der Waals surface area (Å²) in [5.41, 5.74) is 1.33. The summed E-state index contributed by atoms with van der Waals surface area (Å²) >= 11 is 0. The Morgan fingerprint density at radius 2 is 2.15 bits per heavy atom. The summed E-state index contributed by atoms with van der Waals surface area (Å²) in [6.45, 7) is 11.1. The van der Waals surface area contributed by atoms with Crippen molar-refractivity contribution in [2.24, 2.45) is 0 Å². The van der Waals surface area contributed by atoms with Crippen LogP contribution >= 0.6 is 0 Å². The molecule has 13 heavy (non-hydrogen) atoms. The lowest BCUT2D eigenvalue weighted by Gasteiger charge is -2.06. The van der Waals surface area contributed by atoms with Crippen LogP contribution in [0.3, 0.4) is 0 Å². The van der Waals surface area contributed by atoms with E-state index in [-0.39, 0.29) is 0 Å². The molecule has 0 aromatic heterocycles. The molecule has 0 rings (SSSR count). The first-order chi connectivity index (χ1) is 6.16. The zero-order valence-electron chi connectivity index (χ0n) is 9.39. The van der Waals surface area contributed by atoms with Gasteiger partial charge in [-0.15, -0.1) is 0 Å². The van der Waals surface area contributed by atoms with Gasteiger partial charge in [0.2, 0.25) is 0 Å². The summed E-state index contributed by atoms with van der Waals surface area (Å²) in [7, 11) is 0. The molecule has 0 aliphatic rings. The van der Waals surface area contributed by atoms with Gasteiger partial charge in [0, 0.05) is 12.6 Å². The third-order valence-corrected chi connectivity index (χ3v) is 1.72. The van der Waals surface area contributed by atoms with Crippen molar-refractivity contribution < 1.29 is 4.74 Å². The molecule has 0 radical (unpaired) electrons. The van der Waals surface area contributed by atoms with Gasteiger partial charge in [-0.25, -0.2) is 0 Å². The second-order valence-corrected chi connectivity index (χ2v) is 3.59. The van der Waals surface area contributed by atoms with E-state index in [1.54, 1.807) is 0 Å². The minimum absolute atomic E-state index is 0.584. The highest BCUT2D eigenvalue weighted by molar-refractivity contribution is 4.98. The highest BCUT2D eigenvalue weighted by Crippen LogP contribution is 1.95. The molecule has 2 nitrogen and oxygen atoms in total. The normalized spacial score (nSPS) is 12.5. The van der Waals surface area contributed by atoms with Crippen molar-refractivity contribution in [2.75, 3.05) is 19.8 Å². The second-order valence-electron chi connectivity index (χ2n) is 3.59. The zero-order valence-corrected chi connectivity index (χ0v) is 9.39. The molecule has 0 aromatic rings. The van der Waals surface area contributed by atoms with Crippen LogP contribution in [0.5, 0.6) is 0 Å². The molecule has 0 amide bonds. The molecule has 2 heteroatoms. The van der Waals surface area contributed by atoms with E-state index in [2.05, 4.69) is 32.2 Å². The SMILES string of the molecule is CCOCC(C)=CCCNC(C)C. The molecular weight excluding hydrogens is 162 g/mol. The summed E-state index contributed by atoms with van der Waals surface area (Å²) < 4.78 is 5.28. The van der Waals surface area contributed by atoms with E-state index in [1.807, 2.05) is 6.92 Å². The molecule has 0 fully saturated rings. The summed E-state index contributed by atoms with van der Waals surface area (Å²) in [6, 6.07) is 0.584. The molecule has 78 valence electrons. The number of hydrogen-bond donors (Lipinski definition) is 1. The van der Waals surface area contributed by atoms with Crippen molar-refractivity contribution in [3.63, 3.8) is 0 Å². The maximum absolute atomic E-state index is 5.28. The average molecular weight is 185 g/mol. The fraction of sp³-hybridized carbons (Fsp3) is 0.818. The summed E-state index contributed by atoms with van der Waals surface area (Å²) in [5, 5.41) is 3.37. The molecule has 0 atom stereocenters. The first kappa shape index (κ1) is 12.7. The third kappa shape index (κ3) is 9.57. The van der Waals surface area contributed by atoms with E-state index < -0.39 is 0 Å². The summed E-state index contributed by atoms with van der Waals surface area (Å²) in [5.74, 6) is 0. The van der Waals surface area contributed by atoms with Crippen molar-refractivity contribution in [1.82, 2.24) is 5.32 Å². The van der Waals surface area contributed by atoms with Crippen molar-refractivity contribution in [3.8, 4) is 0 Å². The predicted octanol–water partition coefficient (Wildman–Crippen LogP) is 2.36. The number of hydrogen-bond acceptors (Lipinski definition) is 2. The number of rotatable bonds is 7. The van der Waals surface area contributed by atoms with Gasteiger partial charge in [0.25, 0.3) is 0 Å². The lowest BCUT2D eigenvalue weighted by Crippen LogP contribution is -2.23. The van der Waals surface area contributed by atoms with Crippen molar-refractivity contribution in [2.45, 2.75) is 40.2 Å². The van der Waals surface area contributed by atoms with Gasteiger partial charge in [-0.2, -0.15) is 0 Å². The van der Waals surface area contributed by atoms with Gasteiger partial charge in [0.15, 0.2) is 0 Å². The van der Waals surface area contributed by atoms with E-state index in [9.17, 15) is 0 Å². The zero-order chi connectivity index (χ0) is 10.1. The average Bonchev–Trinajstić information content (AvgIpc) is 2.08. The highest BCUT2D eigenvalue weighted by Gasteiger charge is 1.91. The van der Waals surface area contributed by atoms with Crippen LogP contribution in [0, 0.1) is 0 Å². The minimum atomic E-state index is 0.584. The van der Waals surface area contributed by atoms with Gasteiger partial charge < -0.3 is 10.1 Å². The molecular formula is C11H23NO. The lowest BCUT2D eigenvalue weighted by atomic mass is 10.2. The predicted molar refractivity (Wildman–Crippen MR) is 58.0 cm³/mol. The van der Waals surface area contributed by atoms with Crippen molar-refractivity contribution in [1.29, 1.82) is 0 Å². The minimum Gasteiger partial charge on any atom is -0.377 e. The fourth-order valence-corrected chi connectivity index (χ4v) is 1.01. The fourth-order valence-electron chi connectivity index (χ4n) is 1.01. The molecule has 0 bridgehead atoms. The van der Waals surface area contributed by atoms with Gasteiger partial charge in [0.05, 0.1) is 6.61 Å². The molecule has 0 saturated heterocycles. The van der Waals surface area contributed by atoms with E-state index >= 15 is 0 Å². The summed E-state index contributed by atoms with van der Waals surface area (Å²) in [4.78, 5) is 0. The Labute approximate surface area is 82.4 Å². The maximum atomic E-state index is 5.28. The lowest BCUT2D eigenvalue weighted by molar-refractivity contribution is 0.170. The van der Waals surface area contributed by atoms with Crippen LogP contribution < -0.4 is 5.32 Å². The van der Waals surface area contributed by atoms with Crippen LogP contribution in [0.1, 0.15) is 34.1 Å². The van der Waals surface area contributed by atoms with Gasteiger partial charge in [-0.3, -0.25) is 0 Å². The Kier molecular flexibility index (Phi) is 8.05. The van der Waals surface area contributed by atoms with Crippen LogP contribution in [-0.2, 0) is 4.74 Å². The van der Waals surface area contributed by atoms with Gasteiger partial charge in [-0.1, -0.05) is 25.5 Å². The molecule has 0 unspecified atom stereocenters. The van der Waals surface area contributed by atoms with E-state index in [1.165, 1.54) is 5.57 Å². The van der Waals surface area contributed by atoms with Crippen molar-refractivity contribution in [3.05, 3.63) is 11.6 Å². The smallest absolute Gasteiger partial charge is 0.0673 e. The van der Waals surface area contributed by atoms with Crippen LogP contribution in [0.4, 0.5) is 0 Å². The van der Waals surface area contributed by atoms with Gasteiger partial charge >= 0.3 is 0 Å². The van der Waals surface area contributed by atoms with E-state index in [0.717, 1.165) is 26.2 Å². The monoisotopic (exact) mass is 185 g/mol. The summed E-state index contributed by atoms with van der Waals surface area (Å²) in [6.07, 6.45) is 3.34. The van der Waals surface area contributed by atoms with Crippen LogP contribution in [0.15, 0.2) is 11.6 Å². The first-order valence-electron chi connectivity index (χ1n) is 5.13. The Morgan fingerprint density at radius 3 is 2.69 bits per heavy atom. The maximum Gasteiger partial charge on any atom is 0.0673 e. The molecule has 0 aromatic carbocycles. The molecule has 0 aliphatic heterocycles. The van der Waals surface area contributed by atoms with Gasteiger partial charge in [0.1, 0.15) is 0 Å². The topological polar surface area (TPSA) is 21.3 Å². The van der Waals surface area contributed by atoms with Crippen LogP contribution in [0.2, 0.25) is 0 Å². The van der Waals surface area contributed by atoms with E-state index in [0.29, 0.717) is 6.04 Å². The standard InChI is InChI=1S/C11H23NO/c1-5-13-9-11(4)7-6-8-12-10(2)3/h7,10,12H,5-6,8-9H2,1-4H3. The Hall–Kier alpha value is -0.340. The van der Waals surface area contributed by atoms with Crippen LogP contribution in [-0.4, -0.2) is 25.8 Å². The van der Waals surface area contributed by atoms with Crippen LogP contribution in [0.25, 0.3) is 0 Å². The molecule has 0 saturated carbocycles. The second kappa shape index (κ2) is 8.27. The Balaban J connectivity index is 3.36.